The highest BCUT2D eigenvalue weighted by atomic mass is 32.2. The monoisotopic (exact) mass is 331 g/mol. The molecule has 0 saturated heterocycles. The van der Waals surface area contributed by atoms with Gasteiger partial charge in [-0.25, -0.2) is 0 Å². The molecule has 0 aliphatic heterocycles. The Labute approximate surface area is 140 Å². The smallest absolute Gasteiger partial charge is 0.251 e. The van der Waals surface area contributed by atoms with Crippen LogP contribution in [0.15, 0.2) is 53.4 Å². The zero-order chi connectivity index (χ0) is 16.7. The average Bonchev–Trinajstić information content (AvgIpc) is 2.60. The molecule has 0 saturated carbocycles. The van der Waals surface area contributed by atoms with E-state index in [9.17, 15) is 9.90 Å². The molecule has 1 amide bonds. The molecule has 0 fully saturated rings. The number of ether oxygens (including phenoxy) is 1. The Kier molecular flexibility index (Phi) is 6.50. The Hall–Kier alpha value is -1.98. The molecule has 1 atom stereocenters. The van der Waals surface area contributed by atoms with E-state index in [1.807, 2.05) is 37.4 Å². The molecule has 122 valence electrons. The molecule has 0 radical (unpaired) electrons. The van der Waals surface area contributed by atoms with E-state index >= 15 is 0 Å². The number of carbonyl (C=O) groups excluding carboxylic acids is 1. The van der Waals surface area contributed by atoms with E-state index in [0.717, 1.165) is 16.2 Å². The van der Waals surface area contributed by atoms with E-state index < -0.39 is 6.10 Å². The Bertz CT molecular complexity index is 626. The van der Waals surface area contributed by atoms with Gasteiger partial charge in [0.1, 0.15) is 5.75 Å². The van der Waals surface area contributed by atoms with Crippen LogP contribution in [0.1, 0.15) is 28.9 Å². The first-order valence-corrected chi connectivity index (χ1v) is 8.69. The number of amides is 1. The first kappa shape index (κ1) is 17.4. The summed E-state index contributed by atoms with van der Waals surface area (Å²) in [5, 5.41) is 12.9. The lowest BCUT2D eigenvalue weighted by Crippen LogP contribution is -2.28. The zero-order valence-electron chi connectivity index (χ0n) is 13.3. The SMILES string of the molecule is CCOc1ccc(C(=O)NC[C@@H](O)c2ccc(SC)cc2)cc1. The molecule has 2 aromatic carbocycles. The minimum Gasteiger partial charge on any atom is -0.494 e. The van der Waals surface area contributed by atoms with Crippen LogP contribution in [-0.4, -0.2) is 30.4 Å². The molecule has 0 unspecified atom stereocenters. The largest absolute Gasteiger partial charge is 0.494 e. The highest BCUT2D eigenvalue weighted by molar-refractivity contribution is 7.98. The lowest BCUT2D eigenvalue weighted by molar-refractivity contribution is 0.0916. The quantitative estimate of drug-likeness (QED) is 0.765. The summed E-state index contributed by atoms with van der Waals surface area (Å²) in [5.74, 6) is 0.519. The van der Waals surface area contributed by atoms with Crippen LogP contribution in [0.2, 0.25) is 0 Å². The van der Waals surface area contributed by atoms with Crippen molar-refractivity contribution >= 4 is 17.7 Å². The van der Waals surface area contributed by atoms with Crippen molar-refractivity contribution in [1.82, 2.24) is 5.32 Å². The number of nitrogens with one attached hydrogen (secondary N) is 1. The van der Waals surface area contributed by atoms with E-state index in [-0.39, 0.29) is 12.5 Å². The standard InChI is InChI=1S/C18H21NO3S/c1-3-22-15-8-4-14(5-9-15)18(21)19-12-17(20)13-6-10-16(23-2)11-7-13/h4-11,17,20H,3,12H2,1-2H3,(H,19,21)/t17-/m1/s1. The molecule has 2 rings (SSSR count). The van der Waals surface area contributed by atoms with E-state index in [1.165, 1.54) is 0 Å². The van der Waals surface area contributed by atoms with Gasteiger partial charge in [0.05, 0.1) is 12.7 Å². The minimum absolute atomic E-state index is 0.171. The van der Waals surface area contributed by atoms with Gasteiger partial charge < -0.3 is 15.2 Å². The van der Waals surface area contributed by atoms with E-state index in [4.69, 9.17) is 4.74 Å². The summed E-state index contributed by atoms with van der Waals surface area (Å²) in [4.78, 5) is 13.2. The van der Waals surface area contributed by atoms with Crippen molar-refractivity contribution in [3.63, 3.8) is 0 Å². The molecule has 0 bridgehead atoms. The fourth-order valence-corrected chi connectivity index (χ4v) is 2.51. The van der Waals surface area contributed by atoms with Crippen molar-refractivity contribution in [2.24, 2.45) is 0 Å². The van der Waals surface area contributed by atoms with Crippen LogP contribution in [0, 0.1) is 0 Å². The number of hydrogen-bond donors (Lipinski definition) is 2. The van der Waals surface area contributed by atoms with Crippen LogP contribution in [0.25, 0.3) is 0 Å². The van der Waals surface area contributed by atoms with Crippen LogP contribution in [0.5, 0.6) is 5.75 Å². The predicted octanol–water partition coefficient (Wildman–Crippen LogP) is 3.27. The summed E-state index contributed by atoms with van der Waals surface area (Å²) in [6.07, 6.45) is 1.28. The Morgan fingerprint density at radius 3 is 2.39 bits per heavy atom. The van der Waals surface area contributed by atoms with Crippen molar-refractivity contribution in [1.29, 1.82) is 0 Å². The maximum atomic E-state index is 12.1. The van der Waals surface area contributed by atoms with E-state index in [0.29, 0.717) is 12.2 Å². The first-order chi connectivity index (χ1) is 11.1. The molecule has 5 heteroatoms. The fourth-order valence-electron chi connectivity index (χ4n) is 2.10. The summed E-state index contributed by atoms with van der Waals surface area (Å²) in [5.41, 5.74) is 1.33. The zero-order valence-corrected chi connectivity index (χ0v) is 14.1. The Balaban J connectivity index is 1.89. The third-order valence-electron chi connectivity index (χ3n) is 3.38. The second-order valence-electron chi connectivity index (χ2n) is 4.96. The predicted molar refractivity (Wildman–Crippen MR) is 93.1 cm³/mol. The van der Waals surface area contributed by atoms with Gasteiger partial charge in [-0.15, -0.1) is 11.8 Å². The van der Waals surface area contributed by atoms with Crippen LogP contribution < -0.4 is 10.1 Å². The molecule has 0 spiro atoms. The number of aliphatic hydroxyl groups excluding tert-OH is 1. The van der Waals surface area contributed by atoms with Gasteiger partial charge in [0.15, 0.2) is 0 Å². The number of carbonyl (C=O) groups is 1. The fraction of sp³-hybridized carbons (Fsp3) is 0.278. The molecule has 2 N–H and O–H groups in total. The highest BCUT2D eigenvalue weighted by Crippen LogP contribution is 2.19. The average molecular weight is 331 g/mol. The normalized spacial score (nSPS) is 11.8. The van der Waals surface area contributed by atoms with Gasteiger partial charge in [0.2, 0.25) is 0 Å². The topological polar surface area (TPSA) is 58.6 Å². The maximum absolute atomic E-state index is 12.1. The number of aliphatic hydroxyl groups is 1. The molecule has 4 nitrogen and oxygen atoms in total. The van der Waals surface area contributed by atoms with Gasteiger partial charge in [0.25, 0.3) is 5.91 Å². The van der Waals surface area contributed by atoms with Crippen LogP contribution in [0.4, 0.5) is 0 Å². The van der Waals surface area contributed by atoms with E-state index in [2.05, 4.69) is 5.32 Å². The third-order valence-corrected chi connectivity index (χ3v) is 4.13. The van der Waals surface area contributed by atoms with Gasteiger partial charge in [-0.2, -0.15) is 0 Å². The Morgan fingerprint density at radius 1 is 1.17 bits per heavy atom. The first-order valence-electron chi connectivity index (χ1n) is 7.47. The summed E-state index contributed by atoms with van der Waals surface area (Å²) >= 11 is 1.65. The molecule has 0 aliphatic carbocycles. The van der Waals surface area contributed by atoms with Gasteiger partial charge in [-0.05, 0) is 55.1 Å². The van der Waals surface area contributed by atoms with Crippen molar-refractivity contribution < 1.29 is 14.6 Å². The van der Waals surface area contributed by atoms with Gasteiger partial charge in [-0.3, -0.25) is 4.79 Å². The maximum Gasteiger partial charge on any atom is 0.251 e. The number of thioether (sulfide) groups is 1. The molecular weight excluding hydrogens is 310 g/mol. The van der Waals surface area contributed by atoms with E-state index in [1.54, 1.807) is 36.0 Å². The number of hydrogen-bond acceptors (Lipinski definition) is 4. The number of rotatable bonds is 7. The summed E-state index contributed by atoms with van der Waals surface area (Å²) in [6, 6.07) is 14.6. The molecule has 0 aliphatic rings. The third kappa shape index (κ3) is 5.01. The van der Waals surface area contributed by atoms with Crippen molar-refractivity contribution in [2.75, 3.05) is 19.4 Å². The van der Waals surface area contributed by atoms with Gasteiger partial charge in [-0.1, -0.05) is 12.1 Å². The summed E-state index contributed by atoms with van der Waals surface area (Å²) < 4.78 is 5.34. The second-order valence-corrected chi connectivity index (χ2v) is 5.84. The summed E-state index contributed by atoms with van der Waals surface area (Å²) in [6.45, 7) is 2.67. The second kappa shape index (κ2) is 8.60. The molecule has 0 heterocycles. The lowest BCUT2D eigenvalue weighted by atomic mass is 10.1. The number of benzene rings is 2. The lowest BCUT2D eigenvalue weighted by Gasteiger charge is -2.13. The van der Waals surface area contributed by atoms with Gasteiger partial charge in [0, 0.05) is 17.0 Å². The van der Waals surface area contributed by atoms with Crippen LogP contribution in [-0.2, 0) is 0 Å². The Morgan fingerprint density at radius 2 is 1.83 bits per heavy atom. The highest BCUT2D eigenvalue weighted by Gasteiger charge is 2.11. The molecule has 0 aromatic heterocycles. The van der Waals surface area contributed by atoms with Crippen molar-refractivity contribution in [2.45, 2.75) is 17.9 Å². The molecular formula is C18H21NO3S. The summed E-state index contributed by atoms with van der Waals surface area (Å²) in [7, 11) is 0. The minimum atomic E-state index is -0.724. The van der Waals surface area contributed by atoms with Gasteiger partial charge >= 0.3 is 0 Å². The molecule has 23 heavy (non-hydrogen) atoms. The molecule has 2 aromatic rings. The van der Waals surface area contributed by atoms with Crippen LogP contribution in [0.3, 0.4) is 0 Å². The van der Waals surface area contributed by atoms with Crippen molar-refractivity contribution in [3.05, 3.63) is 59.7 Å². The van der Waals surface area contributed by atoms with Crippen LogP contribution >= 0.6 is 11.8 Å². The van der Waals surface area contributed by atoms with Crippen molar-refractivity contribution in [3.8, 4) is 5.75 Å².